The quantitative estimate of drug-likeness (QED) is 0.246. The molecule has 0 aliphatic heterocycles. The molecule has 4 aromatic rings. The topological polar surface area (TPSA) is 76.1 Å². The Hall–Kier alpha value is -3.49. The first-order valence-corrected chi connectivity index (χ1v) is 13.5. The molecule has 8 heteroatoms. The highest BCUT2D eigenvalue weighted by Gasteiger charge is 2.11. The molecule has 192 valence electrons. The predicted octanol–water partition coefficient (Wildman–Crippen LogP) is 5.15. The lowest BCUT2D eigenvalue weighted by Gasteiger charge is -2.13. The lowest BCUT2D eigenvalue weighted by Crippen LogP contribution is -2.11. The normalized spacial score (nSPS) is 11.0. The van der Waals surface area contributed by atoms with Crippen LogP contribution in [0.4, 0.5) is 5.95 Å². The lowest BCUT2D eigenvalue weighted by molar-refractivity contribution is 0.290. The smallest absolute Gasteiger partial charge is 0.225 e. The summed E-state index contributed by atoms with van der Waals surface area (Å²) in [6.07, 6.45) is 6.30. The second kappa shape index (κ2) is 13.7. The van der Waals surface area contributed by atoms with E-state index in [-0.39, 0.29) is 0 Å². The van der Waals surface area contributed by atoms with Crippen LogP contribution in [0.1, 0.15) is 33.6 Å². The minimum Gasteiger partial charge on any atom is -0.472 e. The Kier molecular flexibility index (Phi) is 9.85. The maximum Gasteiger partial charge on any atom is 0.225 e. The van der Waals surface area contributed by atoms with Crippen molar-refractivity contribution in [3.05, 3.63) is 107 Å². The van der Waals surface area contributed by atoms with Gasteiger partial charge in [0.2, 0.25) is 11.8 Å². The van der Waals surface area contributed by atoms with E-state index in [0.29, 0.717) is 24.9 Å². The van der Waals surface area contributed by atoms with Crippen LogP contribution in [-0.4, -0.2) is 51.2 Å². The van der Waals surface area contributed by atoms with Crippen LogP contribution in [0.25, 0.3) is 0 Å². The highest BCUT2D eigenvalue weighted by atomic mass is 32.2. The van der Waals surface area contributed by atoms with Gasteiger partial charge in [-0.2, -0.15) is 16.7 Å². The third-order valence-corrected chi connectivity index (χ3v) is 6.56. The average molecular weight is 515 g/mol. The summed E-state index contributed by atoms with van der Waals surface area (Å²) in [7, 11) is 4.15. The van der Waals surface area contributed by atoms with E-state index < -0.39 is 0 Å². The van der Waals surface area contributed by atoms with Gasteiger partial charge in [-0.15, -0.1) is 0 Å². The molecular weight excluding hydrogens is 480 g/mol. The number of anilines is 1. The number of nitrogens with one attached hydrogen (secondary N) is 1. The van der Waals surface area contributed by atoms with Crippen molar-refractivity contribution in [1.29, 1.82) is 0 Å². The standard InChI is InChI=1S/C29H34N6OS/c1-22-9-10-24(17-32-22)15-26-18-33-29(34-28(26)36-20-23-7-5-4-6-8-23)31-13-14-37-21-27-16-25(11-12-30-27)19-35(2)3/h4-12,16-18H,13-15,19-21H2,1-3H3,(H,31,33,34). The summed E-state index contributed by atoms with van der Waals surface area (Å²) in [4.78, 5) is 20.3. The van der Waals surface area contributed by atoms with E-state index in [1.807, 2.05) is 73.7 Å². The van der Waals surface area contributed by atoms with Gasteiger partial charge >= 0.3 is 0 Å². The summed E-state index contributed by atoms with van der Waals surface area (Å²) < 4.78 is 6.16. The molecule has 0 atom stereocenters. The minimum absolute atomic E-state index is 0.451. The van der Waals surface area contributed by atoms with Crippen LogP contribution >= 0.6 is 11.8 Å². The van der Waals surface area contributed by atoms with Gasteiger partial charge < -0.3 is 15.0 Å². The van der Waals surface area contributed by atoms with E-state index in [9.17, 15) is 0 Å². The zero-order valence-corrected chi connectivity index (χ0v) is 22.5. The molecule has 0 aliphatic rings. The maximum absolute atomic E-state index is 6.16. The molecule has 1 N–H and O–H groups in total. The van der Waals surface area contributed by atoms with E-state index >= 15 is 0 Å². The second-order valence-electron chi connectivity index (χ2n) is 9.16. The molecule has 0 saturated carbocycles. The van der Waals surface area contributed by atoms with Crippen LogP contribution in [0.15, 0.2) is 73.2 Å². The van der Waals surface area contributed by atoms with Crippen LogP contribution < -0.4 is 10.1 Å². The van der Waals surface area contributed by atoms with Gasteiger partial charge in [0, 0.05) is 60.9 Å². The Morgan fingerprint density at radius 1 is 0.919 bits per heavy atom. The van der Waals surface area contributed by atoms with Crippen LogP contribution in [0.2, 0.25) is 0 Å². The van der Waals surface area contributed by atoms with E-state index in [0.717, 1.165) is 52.7 Å². The molecule has 0 fully saturated rings. The number of ether oxygens (including phenoxy) is 1. The number of benzene rings is 1. The molecule has 4 rings (SSSR count). The van der Waals surface area contributed by atoms with E-state index in [2.05, 4.69) is 57.5 Å². The molecule has 0 amide bonds. The number of aromatic nitrogens is 4. The van der Waals surface area contributed by atoms with Crippen LogP contribution in [0.3, 0.4) is 0 Å². The predicted molar refractivity (Wildman–Crippen MR) is 151 cm³/mol. The zero-order valence-electron chi connectivity index (χ0n) is 21.7. The summed E-state index contributed by atoms with van der Waals surface area (Å²) in [5, 5.41) is 3.34. The first-order valence-electron chi connectivity index (χ1n) is 12.4. The molecule has 0 aliphatic carbocycles. The number of pyridine rings is 2. The Morgan fingerprint density at radius 2 is 1.78 bits per heavy atom. The van der Waals surface area contributed by atoms with Gasteiger partial charge in [-0.05, 0) is 55.9 Å². The van der Waals surface area contributed by atoms with Crippen molar-refractivity contribution < 1.29 is 4.74 Å². The van der Waals surface area contributed by atoms with Crippen molar-refractivity contribution in [2.24, 2.45) is 0 Å². The molecule has 3 aromatic heterocycles. The van der Waals surface area contributed by atoms with Crippen LogP contribution in [0, 0.1) is 6.92 Å². The van der Waals surface area contributed by atoms with Crippen molar-refractivity contribution in [2.75, 3.05) is 31.7 Å². The van der Waals surface area contributed by atoms with Gasteiger partial charge in [0.25, 0.3) is 0 Å². The summed E-state index contributed by atoms with van der Waals surface area (Å²) in [5.41, 5.74) is 6.51. The van der Waals surface area contributed by atoms with Gasteiger partial charge in [0.1, 0.15) is 6.61 Å². The molecule has 0 spiro atoms. The zero-order chi connectivity index (χ0) is 25.9. The van der Waals surface area contributed by atoms with Crippen molar-refractivity contribution in [2.45, 2.75) is 32.2 Å². The molecule has 37 heavy (non-hydrogen) atoms. The Balaban J connectivity index is 1.34. The molecule has 3 heterocycles. The largest absolute Gasteiger partial charge is 0.472 e. The van der Waals surface area contributed by atoms with Crippen LogP contribution in [-0.2, 0) is 25.3 Å². The molecule has 0 saturated heterocycles. The van der Waals surface area contributed by atoms with Crippen molar-refractivity contribution >= 4 is 17.7 Å². The number of hydrogen-bond acceptors (Lipinski definition) is 8. The molecule has 7 nitrogen and oxygen atoms in total. The highest BCUT2D eigenvalue weighted by Crippen LogP contribution is 2.22. The summed E-state index contributed by atoms with van der Waals surface area (Å²) in [6, 6.07) is 18.5. The first kappa shape index (κ1) is 26.6. The summed E-state index contributed by atoms with van der Waals surface area (Å²) >= 11 is 1.84. The maximum atomic E-state index is 6.16. The van der Waals surface area contributed by atoms with Gasteiger partial charge in [-0.25, -0.2) is 4.98 Å². The average Bonchev–Trinajstić information content (AvgIpc) is 2.90. The van der Waals surface area contributed by atoms with Crippen LogP contribution in [0.5, 0.6) is 5.88 Å². The molecule has 0 bridgehead atoms. The SMILES string of the molecule is Cc1ccc(Cc2cnc(NCCSCc3cc(CN(C)C)ccn3)nc2OCc2ccccc2)cn1. The number of aryl methyl sites for hydroxylation is 1. The van der Waals surface area contributed by atoms with Crippen molar-refractivity contribution in [3.63, 3.8) is 0 Å². The van der Waals surface area contributed by atoms with Crippen molar-refractivity contribution in [1.82, 2.24) is 24.8 Å². The number of thioether (sulfide) groups is 1. The fraction of sp³-hybridized carbons (Fsp3) is 0.310. The Morgan fingerprint density at radius 3 is 2.57 bits per heavy atom. The minimum atomic E-state index is 0.451. The van der Waals surface area contributed by atoms with Crippen molar-refractivity contribution in [3.8, 4) is 5.88 Å². The number of rotatable bonds is 13. The molecular formula is C29H34N6OS. The number of nitrogens with zero attached hydrogens (tertiary/aromatic N) is 5. The Labute approximate surface area is 223 Å². The number of hydrogen-bond donors (Lipinski definition) is 1. The second-order valence-corrected chi connectivity index (χ2v) is 10.3. The van der Waals surface area contributed by atoms with Gasteiger partial charge in [-0.3, -0.25) is 9.97 Å². The third kappa shape index (κ3) is 8.84. The fourth-order valence-electron chi connectivity index (χ4n) is 3.75. The van der Waals surface area contributed by atoms with E-state index in [1.54, 1.807) is 0 Å². The molecule has 1 aromatic carbocycles. The lowest BCUT2D eigenvalue weighted by atomic mass is 10.1. The third-order valence-electron chi connectivity index (χ3n) is 5.57. The summed E-state index contributed by atoms with van der Waals surface area (Å²) in [6.45, 7) is 4.11. The Bertz CT molecular complexity index is 1250. The first-order chi connectivity index (χ1) is 18.0. The van der Waals surface area contributed by atoms with Gasteiger partial charge in [-0.1, -0.05) is 36.4 Å². The van der Waals surface area contributed by atoms with E-state index in [4.69, 9.17) is 9.72 Å². The monoisotopic (exact) mass is 514 g/mol. The fourth-order valence-corrected chi connectivity index (χ4v) is 4.51. The van der Waals surface area contributed by atoms with Gasteiger partial charge in [0.15, 0.2) is 0 Å². The molecule has 0 radical (unpaired) electrons. The van der Waals surface area contributed by atoms with E-state index in [1.165, 1.54) is 5.56 Å². The summed E-state index contributed by atoms with van der Waals surface area (Å²) in [5.74, 6) is 2.95. The van der Waals surface area contributed by atoms with Gasteiger partial charge in [0.05, 0.1) is 5.69 Å². The highest BCUT2D eigenvalue weighted by molar-refractivity contribution is 7.98. The molecule has 0 unspecified atom stereocenters.